The number of pyridine rings is 1. The Kier molecular flexibility index (Phi) is 2.85. The molecule has 0 saturated heterocycles. The Bertz CT molecular complexity index is 669. The molecule has 0 amide bonds. The van der Waals surface area contributed by atoms with Gasteiger partial charge in [0, 0.05) is 13.2 Å². The fourth-order valence-electron chi connectivity index (χ4n) is 3.13. The van der Waals surface area contributed by atoms with Crippen molar-refractivity contribution in [2.75, 3.05) is 0 Å². The number of hydrogen-bond donors (Lipinski definition) is 1. The number of aromatic amines is 1. The number of hydrogen-bond acceptors (Lipinski definition) is 3. The normalized spacial score (nSPS) is 26.2. The van der Waals surface area contributed by atoms with E-state index < -0.39 is 0 Å². The highest BCUT2D eigenvalue weighted by molar-refractivity contribution is 9.10. The molecule has 6 heteroatoms. The molecule has 2 heterocycles. The Morgan fingerprint density at radius 3 is 2.79 bits per heavy atom. The van der Waals surface area contributed by atoms with Gasteiger partial charge < -0.3 is 9.55 Å². The average Bonchev–Trinajstić information content (AvgIpc) is 2.75. The van der Waals surface area contributed by atoms with Crippen molar-refractivity contribution in [2.24, 2.45) is 13.0 Å². The maximum absolute atomic E-state index is 11.5. The quantitative estimate of drug-likeness (QED) is 0.919. The molecule has 0 bridgehead atoms. The molecule has 1 aliphatic rings. The first-order chi connectivity index (χ1) is 9.03. The van der Waals surface area contributed by atoms with E-state index in [2.05, 4.69) is 38.0 Å². The third kappa shape index (κ3) is 1.85. The molecule has 0 spiro atoms. The van der Waals surface area contributed by atoms with Crippen LogP contribution in [0.15, 0.2) is 27.9 Å². The summed E-state index contributed by atoms with van der Waals surface area (Å²) in [6.07, 6.45) is 5.57. The molecular formula is C13H15BrN4O. The van der Waals surface area contributed by atoms with Gasteiger partial charge in [0.1, 0.15) is 12.2 Å². The lowest BCUT2D eigenvalue weighted by molar-refractivity contribution is 0.184. The summed E-state index contributed by atoms with van der Waals surface area (Å²) < 4.78 is 2.52. The van der Waals surface area contributed by atoms with Crippen LogP contribution in [0.25, 0.3) is 0 Å². The van der Waals surface area contributed by atoms with Crippen LogP contribution < -0.4 is 5.56 Å². The van der Waals surface area contributed by atoms with Crippen molar-refractivity contribution < 1.29 is 0 Å². The highest BCUT2D eigenvalue weighted by Gasteiger charge is 2.48. The summed E-state index contributed by atoms with van der Waals surface area (Å²) in [5.74, 6) is 1.62. The van der Waals surface area contributed by atoms with Gasteiger partial charge in [-0.25, -0.2) is 0 Å². The zero-order valence-corrected chi connectivity index (χ0v) is 12.4. The van der Waals surface area contributed by atoms with Crippen molar-refractivity contribution in [3.8, 4) is 0 Å². The van der Waals surface area contributed by atoms with E-state index in [0.29, 0.717) is 10.4 Å². The van der Waals surface area contributed by atoms with E-state index in [1.807, 2.05) is 17.7 Å². The molecule has 1 saturated carbocycles. The summed E-state index contributed by atoms with van der Waals surface area (Å²) in [5, 5.41) is 8.27. The summed E-state index contributed by atoms with van der Waals surface area (Å²) in [5.41, 5.74) is 0.856. The molecule has 0 atom stereocenters. The number of H-pyrrole nitrogens is 1. The van der Waals surface area contributed by atoms with Crippen molar-refractivity contribution in [3.05, 3.63) is 44.8 Å². The van der Waals surface area contributed by atoms with Gasteiger partial charge in [0.2, 0.25) is 0 Å². The van der Waals surface area contributed by atoms with E-state index in [0.717, 1.165) is 24.2 Å². The van der Waals surface area contributed by atoms with Crippen molar-refractivity contribution >= 4 is 15.9 Å². The van der Waals surface area contributed by atoms with Crippen molar-refractivity contribution in [3.63, 3.8) is 0 Å². The van der Waals surface area contributed by atoms with Gasteiger partial charge in [0.15, 0.2) is 0 Å². The topological polar surface area (TPSA) is 63.6 Å². The highest BCUT2D eigenvalue weighted by Crippen LogP contribution is 2.51. The zero-order valence-electron chi connectivity index (χ0n) is 10.9. The van der Waals surface area contributed by atoms with Crippen LogP contribution in [0.2, 0.25) is 0 Å². The van der Waals surface area contributed by atoms with Gasteiger partial charge in [-0.05, 0) is 46.3 Å². The molecule has 0 radical (unpaired) electrons. The van der Waals surface area contributed by atoms with E-state index >= 15 is 0 Å². The van der Waals surface area contributed by atoms with Gasteiger partial charge in [-0.3, -0.25) is 4.79 Å². The smallest absolute Gasteiger partial charge is 0.262 e. The maximum Gasteiger partial charge on any atom is 0.262 e. The van der Waals surface area contributed by atoms with Crippen LogP contribution in [0.3, 0.4) is 0 Å². The first-order valence-corrected chi connectivity index (χ1v) is 7.05. The molecule has 0 unspecified atom stereocenters. The molecule has 5 nitrogen and oxygen atoms in total. The second-order valence-electron chi connectivity index (χ2n) is 5.43. The predicted octanol–water partition coefficient (Wildman–Crippen LogP) is 1.98. The summed E-state index contributed by atoms with van der Waals surface area (Å²) in [7, 11) is 1.96. The Hall–Kier alpha value is -1.43. The van der Waals surface area contributed by atoms with E-state index in [1.165, 1.54) is 0 Å². The van der Waals surface area contributed by atoms with Gasteiger partial charge in [0.25, 0.3) is 5.56 Å². The fraction of sp³-hybridized carbons (Fsp3) is 0.462. The highest BCUT2D eigenvalue weighted by atomic mass is 79.9. The van der Waals surface area contributed by atoms with Crippen LogP contribution in [0, 0.1) is 5.92 Å². The first-order valence-electron chi connectivity index (χ1n) is 6.26. The molecule has 0 aliphatic heterocycles. The molecule has 0 aromatic carbocycles. The zero-order chi connectivity index (χ0) is 13.6. The van der Waals surface area contributed by atoms with Crippen molar-refractivity contribution in [1.29, 1.82) is 0 Å². The SMILES string of the molecule is CC1CC(c2c[nH]c(=O)c(Br)c2)(c2nncn2C)C1. The van der Waals surface area contributed by atoms with Crippen LogP contribution in [0.4, 0.5) is 0 Å². The van der Waals surface area contributed by atoms with Crippen LogP contribution in [0.5, 0.6) is 0 Å². The standard InChI is InChI=1S/C13H15BrN4O/c1-8-4-13(5-8,12-17-16-7-18(12)2)9-3-10(14)11(19)15-6-9/h3,6-8H,4-5H2,1-2H3,(H,15,19). The summed E-state index contributed by atoms with van der Waals surface area (Å²) in [6, 6.07) is 1.90. The van der Waals surface area contributed by atoms with Crippen molar-refractivity contribution in [1.82, 2.24) is 19.7 Å². The molecule has 2 aromatic heterocycles. The Balaban J connectivity index is 2.14. The minimum absolute atomic E-state index is 0.107. The summed E-state index contributed by atoms with van der Waals surface area (Å²) in [4.78, 5) is 14.3. The minimum atomic E-state index is -0.128. The average molecular weight is 323 g/mol. The number of halogens is 1. The molecular weight excluding hydrogens is 308 g/mol. The molecule has 1 fully saturated rings. The number of aromatic nitrogens is 4. The second-order valence-corrected chi connectivity index (χ2v) is 6.28. The third-order valence-electron chi connectivity index (χ3n) is 3.94. The Morgan fingerprint density at radius 1 is 1.53 bits per heavy atom. The molecule has 19 heavy (non-hydrogen) atoms. The van der Waals surface area contributed by atoms with Gasteiger partial charge >= 0.3 is 0 Å². The van der Waals surface area contributed by atoms with Crippen LogP contribution in [-0.2, 0) is 12.5 Å². The monoisotopic (exact) mass is 322 g/mol. The Morgan fingerprint density at radius 2 is 2.26 bits per heavy atom. The number of nitrogens with one attached hydrogen (secondary N) is 1. The second kappa shape index (κ2) is 4.30. The number of nitrogens with zero attached hydrogens (tertiary/aromatic N) is 3. The van der Waals surface area contributed by atoms with Gasteiger partial charge in [-0.15, -0.1) is 10.2 Å². The van der Waals surface area contributed by atoms with E-state index in [9.17, 15) is 4.79 Å². The van der Waals surface area contributed by atoms with E-state index in [4.69, 9.17) is 0 Å². The lowest BCUT2D eigenvalue weighted by Gasteiger charge is -2.45. The van der Waals surface area contributed by atoms with Gasteiger partial charge in [-0.2, -0.15) is 0 Å². The molecule has 1 aliphatic carbocycles. The predicted molar refractivity (Wildman–Crippen MR) is 74.9 cm³/mol. The summed E-state index contributed by atoms with van der Waals surface area (Å²) in [6.45, 7) is 2.23. The lowest BCUT2D eigenvalue weighted by Crippen LogP contribution is -2.43. The van der Waals surface area contributed by atoms with Crippen LogP contribution in [-0.4, -0.2) is 19.7 Å². The Labute approximate surface area is 119 Å². The number of rotatable bonds is 2. The molecule has 1 N–H and O–H groups in total. The van der Waals surface area contributed by atoms with E-state index in [-0.39, 0.29) is 11.0 Å². The molecule has 3 rings (SSSR count). The van der Waals surface area contributed by atoms with Crippen molar-refractivity contribution in [2.45, 2.75) is 25.2 Å². The van der Waals surface area contributed by atoms with Crippen LogP contribution in [0.1, 0.15) is 31.2 Å². The van der Waals surface area contributed by atoms with Gasteiger partial charge in [-0.1, -0.05) is 6.92 Å². The lowest BCUT2D eigenvalue weighted by atomic mass is 9.59. The molecule has 100 valence electrons. The summed E-state index contributed by atoms with van der Waals surface area (Å²) >= 11 is 3.30. The number of aryl methyl sites for hydroxylation is 1. The third-order valence-corrected chi connectivity index (χ3v) is 4.53. The van der Waals surface area contributed by atoms with Crippen LogP contribution >= 0.6 is 15.9 Å². The molecule has 2 aromatic rings. The largest absolute Gasteiger partial charge is 0.328 e. The van der Waals surface area contributed by atoms with Gasteiger partial charge in [0.05, 0.1) is 9.89 Å². The maximum atomic E-state index is 11.5. The first kappa shape index (κ1) is 12.6. The minimum Gasteiger partial charge on any atom is -0.328 e. The fourth-order valence-corrected chi connectivity index (χ4v) is 3.49. The van der Waals surface area contributed by atoms with E-state index in [1.54, 1.807) is 12.5 Å².